The Balaban J connectivity index is 3.32. The zero-order valence-corrected chi connectivity index (χ0v) is 23.2. The van der Waals surface area contributed by atoms with Crippen molar-refractivity contribution < 1.29 is 0 Å². The standard InChI is InChI=1S/C17H36N2OSSeSi3/c1-11-12-14-13-15(20)19-16(18-14)21-22-17(23(2,3)4,24(5,6)7)25(8,9)10/h13H,11-12H2,1-10H3,(H,18,19,20). The van der Waals surface area contributed by atoms with Crippen molar-refractivity contribution >= 4 is 48.2 Å². The predicted octanol–water partition coefficient (Wildman–Crippen LogP) is 5.22. The van der Waals surface area contributed by atoms with Crippen molar-refractivity contribution in [3.63, 3.8) is 0 Å². The molecule has 1 aromatic heterocycles. The molecule has 0 amide bonds. The molecule has 0 spiro atoms. The van der Waals surface area contributed by atoms with Crippen LogP contribution in [0.3, 0.4) is 0 Å². The first-order valence-corrected chi connectivity index (χ1v) is 23.3. The SMILES string of the molecule is CCCc1cc(=O)[nH]c(S[Se]C([Si](C)(C)C)([Si](C)(C)C)[Si](C)(C)C)n1. The van der Waals surface area contributed by atoms with Gasteiger partial charge in [0.25, 0.3) is 0 Å². The van der Waals surface area contributed by atoms with Crippen molar-refractivity contribution in [3.8, 4) is 0 Å². The van der Waals surface area contributed by atoms with E-state index in [9.17, 15) is 4.79 Å². The summed E-state index contributed by atoms with van der Waals surface area (Å²) in [5, 5.41) is 0.843. The maximum atomic E-state index is 12.0. The van der Waals surface area contributed by atoms with Gasteiger partial charge >= 0.3 is 167 Å². The maximum absolute atomic E-state index is 12.0. The van der Waals surface area contributed by atoms with Crippen LogP contribution in [0.1, 0.15) is 19.0 Å². The van der Waals surface area contributed by atoms with E-state index in [2.05, 4.69) is 70.8 Å². The molecule has 0 unspecified atom stereocenters. The van der Waals surface area contributed by atoms with Crippen LogP contribution in [0.25, 0.3) is 0 Å². The number of aromatic nitrogens is 2. The van der Waals surface area contributed by atoms with Crippen LogP contribution in [0.5, 0.6) is 0 Å². The summed E-state index contributed by atoms with van der Waals surface area (Å²) in [4.78, 5) is 19.8. The molecule has 0 saturated heterocycles. The quantitative estimate of drug-likeness (QED) is 0.410. The molecule has 1 N–H and O–H groups in total. The Morgan fingerprint density at radius 1 is 1.04 bits per heavy atom. The molecule has 1 rings (SSSR count). The van der Waals surface area contributed by atoms with Crippen molar-refractivity contribution in [2.45, 2.75) is 87.0 Å². The van der Waals surface area contributed by atoms with Crippen LogP contribution in [-0.4, -0.2) is 48.0 Å². The molecular weight excluding hydrogens is 443 g/mol. The van der Waals surface area contributed by atoms with Crippen molar-refractivity contribution in [2.24, 2.45) is 0 Å². The van der Waals surface area contributed by atoms with Crippen LogP contribution in [0.2, 0.25) is 62.1 Å². The Morgan fingerprint density at radius 3 is 1.92 bits per heavy atom. The number of H-pyrrole nitrogens is 1. The van der Waals surface area contributed by atoms with E-state index < -0.39 is 24.2 Å². The Hall–Kier alpha value is 0.400. The minimum absolute atomic E-state index is 0.00337. The Labute approximate surface area is 166 Å². The van der Waals surface area contributed by atoms with Gasteiger partial charge in [-0.25, -0.2) is 0 Å². The number of nitrogens with zero attached hydrogens (tertiary/aromatic N) is 1. The van der Waals surface area contributed by atoms with E-state index in [1.807, 2.05) is 10.2 Å². The zero-order valence-electron chi connectivity index (χ0n) is 17.7. The van der Waals surface area contributed by atoms with Crippen molar-refractivity contribution in [3.05, 3.63) is 22.1 Å². The first-order valence-electron chi connectivity index (χ1n) is 9.11. The van der Waals surface area contributed by atoms with E-state index in [1.165, 1.54) is 0 Å². The summed E-state index contributed by atoms with van der Waals surface area (Å²) in [7, 11) is -2.32. The molecule has 0 radical (unpaired) electrons. The second-order valence-electron chi connectivity index (χ2n) is 9.89. The van der Waals surface area contributed by atoms with E-state index >= 15 is 0 Å². The van der Waals surface area contributed by atoms with Gasteiger partial charge in [-0.2, -0.15) is 0 Å². The number of nitrogens with one attached hydrogen (secondary N) is 1. The molecule has 0 fully saturated rings. The fourth-order valence-electron chi connectivity index (χ4n) is 4.76. The van der Waals surface area contributed by atoms with Gasteiger partial charge in [0.05, 0.1) is 0 Å². The Morgan fingerprint density at radius 2 is 1.52 bits per heavy atom. The molecule has 0 aliphatic carbocycles. The van der Waals surface area contributed by atoms with Gasteiger partial charge in [-0.05, 0) is 0 Å². The predicted molar refractivity (Wildman–Crippen MR) is 123 cm³/mol. The Bertz CT molecular complexity index is 609. The molecule has 0 atom stereocenters. The molecule has 1 heterocycles. The van der Waals surface area contributed by atoms with Crippen LogP contribution < -0.4 is 5.56 Å². The van der Waals surface area contributed by atoms with Crippen LogP contribution in [0.4, 0.5) is 0 Å². The summed E-state index contributed by atoms with van der Waals surface area (Å²) in [5.41, 5.74) is 0.931. The zero-order chi connectivity index (χ0) is 19.7. The number of aromatic amines is 1. The van der Waals surface area contributed by atoms with Gasteiger partial charge in [0.15, 0.2) is 0 Å². The third-order valence-corrected chi connectivity index (χ3v) is 43.8. The number of aryl methyl sites for hydroxylation is 1. The average molecular weight is 480 g/mol. The van der Waals surface area contributed by atoms with Crippen LogP contribution in [0.15, 0.2) is 16.0 Å². The summed E-state index contributed by atoms with van der Waals surface area (Å²) in [6, 6.07) is 1.66. The second-order valence-corrected chi connectivity index (χ2v) is 33.7. The monoisotopic (exact) mass is 480 g/mol. The molecular formula is C17H36N2OSSeSi3. The molecule has 1 aromatic rings. The van der Waals surface area contributed by atoms with E-state index in [0.717, 1.165) is 23.7 Å². The van der Waals surface area contributed by atoms with Crippen LogP contribution >= 0.6 is 10.2 Å². The van der Waals surface area contributed by atoms with Gasteiger partial charge < -0.3 is 0 Å². The molecule has 0 aliphatic heterocycles. The summed E-state index contributed by atoms with van der Waals surface area (Å²) >= 11 is 0.396. The molecule has 8 heteroatoms. The van der Waals surface area contributed by atoms with Gasteiger partial charge in [0, 0.05) is 0 Å². The van der Waals surface area contributed by atoms with Gasteiger partial charge in [-0.15, -0.1) is 0 Å². The van der Waals surface area contributed by atoms with E-state index in [4.69, 9.17) is 4.98 Å². The van der Waals surface area contributed by atoms with Crippen LogP contribution in [-0.2, 0) is 6.42 Å². The molecule has 0 saturated carbocycles. The van der Waals surface area contributed by atoms with Gasteiger partial charge in [0.1, 0.15) is 0 Å². The van der Waals surface area contributed by atoms with Crippen molar-refractivity contribution in [1.29, 1.82) is 0 Å². The van der Waals surface area contributed by atoms with Crippen LogP contribution in [0, 0.1) is 0 Å². The number of hydrogen-bond donors (Lipinski definition) is 1. The molecule has 0 aliphatic rings. The van der Waals surface area contributed by atoms with E-state index in [1.54, 1.807) is 6.07 Å². The van der Waals surface area contributed by atoms with Gasteiger partial charge in [-0.3, -0.25) is 0 Å². The van der Waals surface area contributed by atoms with Crippen molar-refractivity contribution in [2.75, 3.05) is 0 Å². The number of rotatable bonds is 8. The molecule has 3 nitrogen and oxygen atoms in total. The summed E-state index contributed by atoms with van der Waals surface area (Å²) in [5.74, 6) is 0. The van der Waals surface area contributed by atoms with Crippen molar-refractivity contribution in [1.82, 2.24) is 9.97 Å². The third kappa shape index (κ3) is 5.23. The molecule has 0 aromatic carbocycles. The average Bonchev–Trinajstić information content (AvgIpc) is 2.33. The first-order chi connectivity index (χ1) is 11.2. The van der Waals surface area contributed by atoms with Gasteiger partial charge in [-0.1, -0.05) is 0 Å². The Kier molecular flexibility index (Phi) is 7.67. The second kappa shape index (κ2) is 8.19. The fourth-order valence-corrected chi connectivity index (χ4v) is 53.2. The topological polar surface area (TPSA) is 45.8 Å². The summed E-state index contributed by atoms with van der Waals surface area (Å²) in [6.07, 6.45) is 1.90. The summed E-state index contributed by atoms with van der Waals surface area (Å²) < 4.78 is 0.532. The third-order valence-electron chi connectivity index (χ3n) is 4.69. The molecule has 0 bridgehead atoms. The summed E-state index contributed by atoms with van der Waals surface area (Å²) in [6.45, 7) is 25.2. The first kappa shape index (κ1) is 23.4. The normalized spacial score (nSPS) is 14.0. The minimum atomic E-state index is -1.39. The molecule has 25 heavy (non-hydrogen) atoms. The fraction of sp³-hybridized carbons (Fsp3) is 0.765. The number of hydrogen-bond acceptors (Lipinski definition) is 3. The molecule has 144 valence electrons. The van der Waals surface area contributed by atoms with E-state index in [0.29, 0.717) is 17.0 Å². The van der Waals surface area contributed by atoms with E-state index in [-0.39, 0.29) is 5.56 Å². The van der Waals surface area contributed by atoms with Gasteiger partial charge in [0.2, 0.25) is 0 Å².